The first kappa shape index (κ1) is 15.8. The zero-order valence-corrected chi connectivity index (χ0v) is 12.9. The summed E-state index contributed by atoms with van der Waals surface area (Å²) in [4.78, 5) is 4.31. The SMILES string of the molecule is CCOC(OCC)c1nc(-c2ccc(Cl)cc2OC)no1. The lowest BCUT2D eigenvalue weighted by molar-refractivity contribution is -0.155. The Morgan fingerprint density at radius 2 is 1.95 bits per heavy atom. The number of halogens is 1. The molecule has 0 amide bonds. The van der Waals surface area contributed by atoms with E-state index in [4.69, 9.17) is 30.3 Å². The summed E-state index contributed by atoms with van der Waals surface area (Å²) in [6.45, 7) is 4.69. The minimum Gasteiger partial charge on any atom is -0.496 e. The van der Waals surface area contributed by atoms with Gasteiger partial charge in [-0.2, -0.15) is 4.98 Å². The molecule has 0 saturated heterocycles. The monoisotopic (exact) mass is 312 g/mol. The van der Waals surface area contributed by atoms with Crippen LogP contribution in [-0.2, 0) is 9.47 Å². The molecule has 1 aromatic heterocycles. The first-order chi connectivity index (χ1) is 10.2. The Kier molecular flexibility index (Phi) is 5.55. The van der Waals surface area contributed by atoms with Crippen LogP contribution >= 0.6 is 11.6 Å². The van der Waals surface area contributed by atoms with Crippen LogP contribution in [0, 0.1) is 0 Å². The molecule has 0 aliphatic heterocycles. The van der Waals surface area contributed by atoms with Crippen LogP contribution in [0.25, 0.3) is 11.4 Å². The van der Waals surface area contributed by atoms with Crippen molar-refractivity contribution >= 4 is 11.6 Å². The van der Waals surface area contributed by atoms with Crippen LogP contribution in [0.15, 0.2) is 22.7 Å². The van der Waals surface area contributed by atoms with E-state index in [1.807, 2.05) is 13.8 Å². The van der Waals surface area contributed by atoms with Crippen LogP contribution in [0.5, 0.6) is 5.75 Å². The van der Waals surface area contributed by atoms with E-state index in [1.165, 1.54) is 0 Å². The summed E-state index contributed by atoms with van der Waals surface area (Å²) in [6.07, 6.45) is -0.667. The Balaban J connectivity index is 2.30. The number of hydrogen-bond acceptors (Lipinski definition) is 6. The second-order valence-corrected chi connectivity index (χ2v) is 4.48. The largest absolute Gasteiger partial charge is 0.496 e. The smallest absolute Gasteiger partial charge is 0.283 e. The van der Waals surface area contributed by atoms with Gasteiger partial charge in [0, 0.05) is 18.2 Å². The predicted molar refractivity (Wildman–Crippen MR) is 77.3 cm³/mol. The molecule has 0 aliphatic carbocycles. The number of hydrogen-bond donors (Lipinski definition) is 0. The highest BCUT2D eigenvalue weighted by molar-refractivity contribution is 6.30. The highest BCUT2D eigenvalue weighted by Crippen LogP contribution is 2.31. The molecule has 6 nitrogen and oxygen atoms in total. The molecule has 1 aromatic carbocycles. The van der Waals surface area contributed by atoms with Crippen molar-refractivity contribution in [2.75, 3.05) is 20.3 Å². The standard InChI is InChI=1S/C14H17ClN2O4/c1-4-19-14(20-5-2)13-16-12(17-21-13)10-7-6-9(15)8-11(10)18-3/h6-8,14H,4-5H2,1-3H3. The average Bonchev–Trinajstić information content (AvgIpc) is 2.96. The Hall–Kier alpha value is -1.63. The van der Waals surface area contributed by atoms with Gasteiger partial charge in [0.1, 0.15) is 5.75 Å². The van der Waals surface area contributed by atoms with E-state index in [-0.39, 0.29) is 5.89 Å². The molecule has 0 fully saturated rings. The fourth-order valence-electron chi connectivity index (χ4n) is 1.78. The van der Waals surface area contributed by atoms with Crippen LogP contribution in [0.1, 0.15) is 26.0 Å². The maximum absolute atomic E-state index is 5.94. The van der Waals surface area contributed by atoms with E-state index in [0.29, 0.717) is 35.4 Å². The third kappa shape index (κ3) is 3.72. The van der Waals surface area contributed by atoms with E-state index in [0.717, 1.165) is 0 Å². The van der Waals surface area contributed by atoms with Gasteiger partial charge in [-0.3, -0.25) is 0 Å². The van der Waals surface area contributed by atoms with E-state index < -0.39 is 6.29 Å². The van der Waals surface area contributed by atoms with Crippen LogP contribution in [-0.4, -0.2) is 30.5 Å². The molecule has 0 aliphatic rings. The molecular weight excluding hydrogens is 296 g/mol. The molecule has 0 N–H and O–H groups in total. The molecular formula is C14H17ClN2O4. The van der Waals surface area contributed by atoms with Gasteiger partial charge < -0.3 is 18.7 Å². The molecule has 114 valence electrons. The molecule has 2 aromatic rings. The predicted octanol–water partition coefficient (Wildman–Crippen LogP) is 3.47. The Labute approximate surface area is 128 Å². The number of aromatic nitrogens is 2. The Morgan fingerprint density at radius 3 is 2.57 bits per heavy atom. The van der Waals surface area contributed by atoms with E-state index in [9.17, 15) is 0 Å². The highest BCUT2D eigenvalue weighted by Gasteiger charge is 2.21. The lowest BCUT2D eigenvalue weighted by Crippen LogP contribution is -2.09. The van der Waals surface area contributed by atoms with Crippen molar-refractivity contribution in [3.8, 4) is 17.1 Å². The number of benzene rings is 1. The summed E-state index contributed by atoms with van der Waals surface area (Å²) in [5, 5.41) is 4.51. The van der Waals surface area contributed by atoms with Crippen LogP contribution in [0.3, 0.4) is 0 Å². The molecule has 0 bridgehead atoms. The van der Waals surface area contributed by atoms with E-state index in [1.54, 1.807) is 25.3 Å². The number of methoxy groups -OCH3 is 1. The molecule has 7 heteroatoms. The summed E-state index contributed by atoms with van der Waals surface area (Å²) in [5.41, 5.74) is 0.684. The second kappa shape index (κ2) is 7.40. The molecule has 0 saturated carbocycles. The average molecular weight is 313 g/mol. The van der Waals surface area contributed by atoms with Gasteiger partial charge in [0.2, 0.25) is 12.1 Å². The van der Waals surface area contributed by atoms with Crippen molar-refractivity contribution in [3.05, 3.63) is 29.1 Å². The third-order valence-corrected chi connectivity index (χ3v) is 2.92. The molecule has 0 spiro atoms. The van der Waals surface area contributed by atoms with Crippen molar-refractivity contribution in [1.82, 2.24) is 10.1 Å². The van der Waals surface area contributed by atoms with Gasteiger partial charge in [0.05, 0.1) is 12.7 Å². The van der Waals surface area contributed by atoms with E-state index in [2.05, 4.69) is 10.1 Å². The maximum Gasteiger partial charge on any atom is 0.283 e. The molecule has 21 heavy (non-hydrogen) atoms. The number of rotatable bonds is 7. The summed E-state index contributed by atoms with van der Waals surface area (Å²) in [5.74, 6) is 1.23. The van der Waals surface area contributed by atoms with Crippen molar-refractivity contribution in [2.45, 2.75) is 20.1 Å². The topological polar surface area (TPSA) is 66.6 Å². The zero-order valence-electron chi connectivity index (χ0n) is 12.1. The first-order valence-electron chi connectivity index (χ1n) is 6.60. The van der Waals surface area contributed by atoms with Crippen molar-refractivity contribution in [1.29, 1.82) is 0 Å². The van der Waals surface area contributed by atoms with Gasteiger partial charge in [-0.15, -0.1) is 0 Å². The molecule has 1 heterocycles. The Morgan fingerprint density at radius 1 is 1.24 bits per heavy atom. The molecule has 0 atom stereocenters. The third-order valence-electron chi connectivity index (χ3n) is 2.68. The fraction of sp³-hybridized carbons (Fsp3) is 0.429. The summed E-state index contributed by atoms with van der Waals surface area (Å²) >= 11 is 5.94. The minimum atomic E-state index is -0.667. The summed E-state index contributed by atoms with van der Waals surface area (Å²) in [6, 6.07) is 5.19. The Bertz CT molecular complexity index is 582. The fourth-order valence-corrected chi connectivity index (χ4v) is 1.95. The van der Waals surface area contributed by atoms with Gasteiger partial charge >= 0.3 is 0 Å². The maximum atomic E-state index is 5.94. The van der Waals surface area contributed by atoms with Crippen LogP contribution < -0.4 is 4.74 Å². The van der Waals surface area contributed by atoms with Crippen LogP contribution in [0.4, 0.5) is 0 Å². The molecule has 0 radical (unpaired) electrons. The normalized spacial score (nSPS) is 11.1. The first-order valence-corrected chi connectivity index (χ1v) is 6.98. The van der Waals surface area contributed by atoms with Gasteiger partial charge in [-0.05, 0) is 32.0 Å². The van der Waals surface area contributed by atoms with Gasteiger partial charge in [-0.25, -0.2) is 0 Å². The lowest BCUT2D eigenvalue weighted by Gasteiger charge is -2.11. The number of nitrogens with zero attached hydrogens (tertiary/aromatic N) is 2. The van der Waals surface area contributed by atoms with Crippen LogP contribution in [0.2, 0.25) is 5.02 Å². The summed E-state index contributed by atoms with van der Waals surface area (Å²) in [7, 11) is 1.55. The lowest BCUT2D eigenvalue weighted by atomic mass is 10.2. The molecule has 0 unspecified atom stereocenters. The molecule has 2 rings (SSSR count). The van der Waals surface area contributed by atoms with Gasteiger partial charge in [0.25, 0.3) is 5.89 Å². The van der Waals surface area contributed by atoms with Crippen molar-refractivity contribution in [2.24, 2.45) is 0 Å². The second-order valence-electron chi connectivity index (χ2n) is 4.04. The van der Waals surface area contributed by atoms with Gasteiger partial charge in [0.15, 0.2) is 0 Å². The minimum absolute atomic E-state index is 0.269. The van der Waals surface area contributed by atoms with E-state index >= 15 is 0 Å². The summed E-state index contributed by atoms with van der Waals surface area (Å²) < 4.78 is 21.3. The van der Waals surface area contributed by atoms with Crippen molar-refractivity contribution in [3.63, 3.8) is 0 Å². The number of ether oxygens (including phenoxy) is 3. The van der Waals surface area contributed by atoms with Gasteiger partial charge in [-0.1, -0.05) is 16.8 Å². The highest BCUT2D eigenvalue weighted by atomic mass is 35.5. The zero-order chi connectivity index (χ0) is 15.2. The van der Waals surface area contributed by atoms with Crippen molar-refractivity contribution < 1.29 is 18.7 Å². The quantitative estimate of drug-likeness (QED) is 0.729.